The Kier molecular flexibility index (Phi) is 5.05. The lowest BCUT2D eigenvalue weighted by Crippen LogP contribution is -2.38. The van der Waals surface area contributed by atoms with Gasteiger partial charge in [0.25, 0.3) is 0 Å². The van der Waals surface area contributed by atoms with Crippen LogP contribution in [0, 0.1) is 0 Å². The third-order valence-electron chi connectivity index (χ3n) is 1.32. The zero-order valence-electron chi connectivity index (χ0n) is 9.63. The molecule has 1 N–H and O–H groups in total. The summed E-state index contributed by atoms with van der Waals surface area (Å²) in [5, 5.41) is 2.95. The van der Waals surface area contributed by atoms with Gasteiger partial charge in [-0.3, -0.25) is 4.90 Å². The Balaban J connectivity index is 3.88. The van der Waals surface area contributed by atoms with Gasteiger partial charge in [0, 0.05) is 7.05 Å². The van der Waals surface area contributed by atoms with Crippen LogP contribution in [0.15, 0.2) is 12.3 Å². The molecule has 0 aliphatic rings. The average Bonchev–Trinajstić information content (AvgIpc) is 2.01. The quantitative estimate of drug-likeness (QED) is 0.708. The molecular formula is C10H20N2O2. The Morgan fingerprint density at radius 2 is 2.07 bits per heavy atom. The second kappa shape index (κ2) is 5.52. The lowest BCUT2D eigenvalue weighted by atomic mass is 10.2. The van der Waals surface area contributed by atoms with Crippen molar-refractivity contribution >= 4 is 6.09 Å². The summed E-state index contributed by atoms with van der Waals surface area (Å²) in [6.07, 6.45) is 3.32. The second-order valence-corrected chi connectivity index (χ2v) is 4.04. The molecule has 0 spiro atoms. The number of rotatable bonds is 3. The Morgan fingerprint density at radius 3 is 2.50 bits per heavy atom. The number of ether oxygens (including phenoxy) is 1. The van der Waals surface area contributed by atoms with Gasteiger partial charge in [-0.1, -0.05) is 6.08 Å². The second-order valence-electron chi connectivity index (χ2n) is 4.04. The number of nitrogens with zero attached hydrogens (tertiary/aromatic N) is 1. The number of allylic oxidation sites excluding steroid dienone is 1. The van der Waals surface area contributed by atoms with Crippen molar-refractivity contribution in [3.05, 3.63) is 12.3 Å². The monoisotopic (exact) mass is 200 g/mol. The summed E-state index contributed by atoms with van der Waals surface area (Å²) in [5.41, 5.74) is -0.439. The first kappa shape index (κ1) is 12.8. The molecule has 0 rings (SSSR count). The average molecular weight is 200 g/mol. The van der Waals surface area contributed by atoms with E-state index in [1.165, 1.54) is 4.90 Å². The highest BCUT2D eigenvalue weighted by molar-refractivity contribution is 5.67. The van der Waals surface area contributed by atoms with Crippen molar-refractivity contribution in [2.75, 3.05) is 13.7 Å². The molecule has 0 unspecified atom stereocenters. The maximum atomic E-state index is 11.4. The summed E-state index contributed by atoms with van der Waals surface area (Å²) in [4.78, 5) is 12.9. The van der Waals surface area contributed by atoms with E-state index in [1.807, 2.05) is 33.8 Å². The van der Waals surface area contributed by atoms with E-state index in [0.717, 1.165) is 0 Å². The maximum absolute atomic E-state index is 11.4. The minimum atomic E-state index is -0.439. The zero-order valence-corrected chi connectivity index (χ0v) is 9.63. The summed E-state index contributed by atoms with van der Waals surface area (Å²) in [5.74, 6) is 0. The van der Waals surface area contributed by atoms with Crippen LogP contribution in [0.3, 0.4) is 0 Å². The van der Waals surface area contributed by atoms with E-state index >= 15 is 0 Å². The van der Waals surface area contributed by atoms with E-state index in [9.17, 15) is 4.79 Å². The molecular weight excluding hydrogens is 180 g/mol. The Bertz CT molecular complexity index is 207. The highest BCUT2D eigenvalue weighted by atomic mass is 16.6. The molecule has 0 aromatic heterocycles. The van der Waals surface area contributed by atoms with Crippen LogP contribution in [0.4, 0.5) is 4.79 Å². The minimum absolute atomic E-state index is 0.325. The number of carbonyl (C=O) groups excluding carboxylic acids is 1. The first-order valence-electron chi connectivity index (χ1n) is 4.65. The van der Waals surface area contributed by atoms with Gasteiger partial charge in [-0.2, -0.15) is 0 Å². The van der Waals surface area contributed by atoms with Crippen LogP contribution < -0.4 is 5.32 Å². The number of amides is 1. The van der Waals surface area contributed by atoms with Crippen molar-refractivity contribution in [2.45, 2.75) is 33.3 Å². The predicted octanol–water partition coefficient (Wildman–Crippen LogP) is 1.93. The smallest absolute Gasteiger partial charge is 0.411 e. The molecule has 82 valence electrons. The van der Waals surface area contributed by atoms with Crippen LogP contribution in [0.2, 0.25) is 0 Å². The molecule has 0 saturated carbocycles. The van der Waals surface area contributed by atoms with Crippen LogP contribution >= 0.6 is 0 Å². The van der Waals surface area contributed by atoms with Gasteiger partial charge in [0.2, 0.25) is 0 Å². The largest absolute Gasteiger partial charge is 0.444 e. The van der Waals surface area contributed by atoms with Crippen LogP contribution in [0.1, 0.15) is 27.7 Å². The Morgan fingerprint density at radius 1 is 1.50 bits per heavy atom. The van der Waals surface area contributed by atoms with E-state index in [1.54, 1.807) is 13.2 Å². The summed E-state index contributed by atoms with van der Waals surface area (Å²) in [6.45, 7) is 7.88. The van der Waals surface area contributed by atoms with E-state index in [-0.39, 0.29) is 6.09 Å². The third-order valence-corrected chi connectivity index (χ3v) is 1.32. The third kappa shape index (κ3) is 6.34. The van der Waals surface area contributed by atoms with Gasteiger partial charge in [-0.05, 0) is 33.9 Å². The van der Waals surface area contributed by atoms with E-state index < -0.39 is 5.60 Å². The maximum Gasteiger partial charge on any atom is 0.411 e. The van der Waals surface area contributed by atoms with Crippen molar-refractivity contribution in [1.29, 1.82) is 0 Å². The molecule has 4 nitrogen and oxygen atoms in total. The van der Waals surface area contributed by atoms with E-state index in [0.29, 0.717) is 6.67 Å². The highest BCUT2D eigenvalue weighted by Gasteiger charge is 2.18. The van der Waals surface area contributed by atoms with Gasteiger partial charge in [0.05, 0.1) is 6.67 Å². The van der Waals surface area contributed by atoms with Gasteiger partial charge < -0.3 is 10.1 Å². The number of hydrogen-bond donors (Lipinski definition) is 1. The highest BCUT2D eigenvalue weighted by Crippen LogP contribution is 2.08. The van der Waals surface area contributed by atoms with Gasteiger partial charge in [0.15, 0.2) is 0 Å². The van der Waals surface area contributed by atoms with Gasteiger partial charge in [-0.25, -0.2) is 4.79 Å². The van der Waals surface area contributed by atoms with Crippen molar-refractivity contribution in [3.63, 3.8) is 0 Å². The summed E-state index contributed by atoms with van der Waals surface area (Å²) >= 11 is 0. The molecule has 0 fully saturated rings. The molecule has 4 heteroatoms. The van der Waals surface area contributed by atoms with Crippen LogP contribution in [-0.4, -0.2) is 30.3 Å². The van der Waals surface area contributed by atoms with E-state index in [2.05, 4.69) is 5.32 Å². The molecule has 0 aromatic rings. The number of carbonyl (C=O) groups is 1. The molecule has 0 aliphatic carbocycles. The van der Waals surface area contributed by atoms with E-state index in [4.69, 9.17) is 4.74 Å². The standard InChI is InChI=1S/C10H20N2O2/c1-6-7-11-8-12(5)9(13)14-10(2,3)4/h6-7,11H,8H2,1-5H3/b7-6-. The predicted molar refractivity (Wildman–Crippen MR) is 56.8 cm³/mol. The van der Waals surface area contributed by atoms with Crippen molar-refractivity contribution in [3.8, 4) is 0 Å². The van der Waals surface area contributed by atoms with Gasteiger partial charge >= 0.3 is 6.09 Å². The normalized spacial score (nSPS) is 11.5. The molecule has 14 heavy (non-hydrogen) atoms. The van der Waals surface area contributed by atoms with Crippen LogP contribution in [-0.2, 0) is 4.74 Å². The topological polar surface area (TPSA) is 41.6 Å². The Labute approximate surface area is 85.9 Å². The fraction of sp³-hybridized carbons (Fsp3) is 0.700. The molecule has 0 heterocycles. The minimum Gasteiger partial charge on any atom is -0.444 e. The molecule has 0 atom stereocenters. The van der Waals surface area contributed by atoms with Crippen LogP contribution in [0.5, 0.6) is 0 Å². The first-order chi connectivity index (χ1) is 6.37. The number of nitrogens with one attached hydrogen (secondary N) is 1. The van der Waals surface area contributed by atoms with Crippen molar-refractivity contribution in [2.24, 2.45) is 0 Å². The van der Waals surface area contributed by atoms with Crippen molar-refractivity contribution in [1.82, 2.24) is 10.2 Å². The summed E-state index contributed by atoms with van der Waals surface area (Å²) in [6, 6.07) is 0. The lowest BCUT2D eigenvalue weighted by Gasteiger charge is -2.24. The number of hydrogen-bond acceptors (Lipinski definition) is 3. The lowest BCUT2D eigenvalue weighted by molar-refractivity contribution is 0.0292. The zero-order chi connectivity index (χ0) is 11.2. The molecule has 0 radical (unpaired) electrons. The SMILES string of the molecule is C/C=C\NCN(C)C(=O)OC(C)(C)C. The molecule has 0 bridgehead atoms. The molecule has 0 aromatic carbocycles. The summed E-state index contributed by atoms with van der Waals surface area (Å²) < 4.78 is 5.15. The van der Waals surface area contributed by atoms with Gasteiger partial charge in [-0.15, -0.1) is 0 Å². The molecule has 1 amide bonds. The molecule has 0 saturated heterocycles. The summed E-state index contributed by atoms with van der Waals surface area (Å²) in [7, 11) is 1.69. The van der Waals surface area contributed by atoms with Crippen LogP contribution in [0.25, 0.3) is 0 Å². The first-order valence-corrected chi connectivity index (χ1v) is 4.65. The van der Waals surface area contributed by atoms with Gasteiger partial charge in [0.1, 0.15) is 5.60 Å². The Hall–Kier alpha value is -1.19. The fourth-order valence-corrected chi connectivity index (χ4v) is 0.712. The molecule has 0 aliphatic heterocycles. The fourth-order valence-electron chi connectivity index (χ4n) is 0.712. The van der Waals surface area contributed by atoms with Crippen molar-refractivity contribution < 1.29 is 9.53 Å².